The zero-order chi connectivity index (χ0) is 9.26. The molecule has 1 heterocycles. The van der Waals surface area contributed by atoms with E-state index in [9.17, 15) is 4.79 Å². The summed E-state index contributed by atoms with van der Waals surface area (Å²) in [5, 5.41) is 0. The van der Waals surface area contributed by atoms with Crippen LogP contribution in [0.2, 0.25) is 0 Å². The zero-order valence-corrected chi connectivity index (χ0v) is 6.95. The van der Waals surface area contributed by atoms with Crippen molar-refractivity contribution >= 4 is 16.8 Å². The van der Waals surface area contributed by atoms with E-state index >= 15 is 0 Å². The molecule has 0 aliphatic heterocycles. The van der Waals surface area contributed by atoms with Crippen molar-refractivity contribution in [3.05, 3.63) is 30.1 Å². The molecule has 4 nitrogen and oxygen atoms in total. The molecule has 0 radical (unpaired) electrons. The molecule has 0 bridgehead atoms. The van der Waals surface area contributed by atoms with Crippen LogP contribution in [-0.4, -0.2) is 22.3 Å². The SMILES string of the molecule is NCC(=O)c1nc2ccccc2[nH]1. The molecule has 0 atom stereocenters. The maximum atomic E-state index is 11.2. The average molecular weight is 175 g/mol. The van der Waals surface area contributed by atoms with E-state index in [1.54, 1.807) is 0 Å². The molecule has 0 aliphatic carbocycles. The molecule has 0 saturated heterocycles. The van der Waals surface area contributed by atoms with Crippen molar-refractivity contribution in [2.24, 2.45) is 5.73 Å². The van der Waals surface area contributed by atoms with E-state index in [0.29, 0.717) is 5.82 Å². The van der Waals surface area contributed by atoms with Gasteiger partial charge in [0.05, 0.1) is 17.6 Å². The molecule has 13 heavy (non-hydrogen) atoms. The van der Waals surface area contributed by atoms with Crippen molar-refractivity contribution in [1.82, 2.24) is 9.97 Å². The van der Waals surface area contributed by atoms with Gasteiger partial charge in [-0.15, -0.1) is 0 Å². The number of nitrogens with one attached hydrogen (secondary N) is 1. The van der Waals surface area contributed by atoms with Gasteiger partial charge < -0.3 is 10.7 Å². The fourth-order valence-electron chi connectivity index (χ4n) is 1.18. The Morgan fingerprint density at radius 3 is 2.92 bits per heavy atom. The van der Waals surface area contributed by atoms with E-state index in [1.165, 1.54) is 0 Å². The summed E-state index contributed by atoms with van der Waals surface area (Å²) in [6.45, 7) is -0.0141. The highest BCUT2D eigenvalue weighted by atomic mass is 16.1. The Morgan fingerprint density at radius 2 is 2.23 bits per heavy atom. The van der Waals surface area contributed by atoms with E-state index in [2.05, 4.69) is 9.97 Å². The summed E-state index contributed by atoms with van der Waals surface area (Å²) in [5.74, 6) is 0.167. The number of para-hydroxylation sites is 2. The summed E-state index contributed by atoms with van der Waals surface area (Å²) in [6, 6.07) is 7.48. The number of nitrogens with zero attached hydrogens (tertiary/aromatic N) is 1. The van der Waals surface area contributed by atoms with E-state index in [1.807, 2.05) is 24.3 Å². The summed E-state index contributed by atoms with van der Waals surface area (Å²) in [4.78, 5) is 18.2. The molecule has 0 aliphatic rings. The van der Waals surface area contributed by atoms with Crippen LogP contribution in [-0.2, 0) is 0 Å². The molecule has 0 spiro atoms. The second-order valence-corrected chi connectivity index (χ2v) is 2.73. The number of ketones is 1. The fraction of sp³-hybridized carbons (Fsp3) is 0.111. The van der Waals surface area contributed by atoms with Gasteiger partial charge in [-0.25, -0.2) is 4.98 Å². The van der Waals surface area contributed by atoms with Gasteiger partial charge in [-0.2, -0.15) is 0 Å². The number of aromatic nitrogens is 2. The lowest BCUT2D eigenvalue weighted by Gasteiger charge is -1.87. The highest BCUT2D eigenvalue weighted by Gasteiger charge is 2.08. The number of H-pyrrole nitrogens is 1. The Labute approximate surface area is 74.8 Å². The summed E-state index contributed by atoms with van der Waals surface area (Å²) in [5.41, 5.74) is 6.87. The van der Waals surface area contributed by atoms with Crippen LogP contribution in [0.1, 0.15) is 10.6 Å². The first kappa shape index (κ1) is 7.94. The summed E-state index contributed by atoms with van der Waals surface area (Å²) in [6.07, 6.45) is 0. The van der Waals surface area contributed by atoms with E-state index in [0.717, 1.165) is 11.0 Å². The molecule has 1 aromatic heterocycles. The molecule has 2 rings (SSSR count). The number of Topliss-reactive ketones (excluding diaryl/α,β-unsaturated/α-hetero) is 1. The van der Waals surface area contributed by atoms with Crippen LogP contribution in [0.15, 0.2) is 24.3 Å². The smallest absolute Gasteiger partial charge is 0.211 e. The van der Waals surface area contributed by atoms with Gasteiger partial charge in [-0.05, 0) is 12.1 Å². The molecule has 66 valence electrons. The van der Waals surface area contributed by atoms with E-state index in [4.69, 9.17) is 5.73 Å². The van der Waals surface area contributed by atoms with Gasteiger partial charge in [-0.1, -0.05) is 12.1 Å². The minimum Gasteiger partial charge on any atom is -0.335 e. The van der Waals surface area contributed by atoms with Gasteiger partial charge in [0.2, 0.25) is 5.78 Å². The normalized spacial score (nSPS) is 10.5. The van der Waals surface area contributed by atoms with Crippen molar-refractivity contribution < 1.29 is 4.79 Å². The fourth-order valence-corrected chi connectivity index (χ4v) is 1.18. The molecular weight excluding hydrogens is 166 g/mol. The first-order chi connectivity index (χ1) is 6.31. The topological polar surface area (TPSA) is 71.8 Å². The lowest BCUT2D eigenvalue weighted by Crippen LogP contribution is -2.14. The number of carbonyl (C=O) groups is 1. The van der Waals surface area contributed by atoms with Crippen LogP contribution in [0.4, 0.5) is 0 Å². The molecule has 0 amide bonds. The standard InChI is InChI=1S/C9H9N3O/c10-5-8(13)9-11-6-3-1-2-4-7(6)12-9/h1-4H,5,10H2,(H,11,12). The number of benzene rings is 1. The Balaban J connectivity index is 2.56. The van der Waals surface area contributed by atoms with Crippen molar-refractivity contribution in [3.63, 3.8) is 0 Å². The maximum Gasteiger partial charge on any atom is 0.211 e. The minimum atomic E-state index is -0.170. The van der Waals surface area contributed by atoms with E-state index < -0.39 is 0 Å². The van der Waals surface area contributed by atoms with Crippen LogP contribution in [0, 0.1) is 0 Å². The number of aromatic amines is 1. The van der Waals surface area contributed by atoms with Gasteiger partial charge >= 0.3 is 0 Å². The lowest BCUT2D eigenvalue weighted by molar-refractivity contribution is 0.0993. The monoisotopic (exact) mass is 175 g/mol. The largest absolute Gasteiger partial charge is 0.335 e. The Morgan fingerprint density at radius 1 is 1.46 bits per heavy atom. The van der Waals surface area contributed by atoms with Crippen molar-refractivity contribution in [2.75, 3.05) is 6.54 Å². The molecule has 4 heteroatoms. The molecular formula is C9H9N3O. The summed E-state index contributed by atoms with van der Waals surface area (Å²) < 4.78 is 0. The van der Waals surface area contributed by atoms with Crippen LogP contribution < -0.4 is 5.73 Å². The number of hydrogen-bond acceptors (Lipinski definition) is 3. The van der Waals surface area contributed by atoms with Crippen LogP contribution in [0.25, 0.3) is 11.0 Å². The van der Waals surface area contributed by atoms with Gasteiger partial charge in [0, 0.05) is 0 Å². The minimum absolute atomic E-state index is 0.0141. The summed E-state index contributed by atoms with van der Waals surface area (Å²) >= 11 is 0. The third-order valence-electron chi connectivity index (χ3n) is 1.84. The highest BCUT2D eigenvalue weighted by molar-refractivity contribution is 5.96. The van der Waals surface area contributed by atoms with Crippen molar-refractivity contribution in [1.29, 1.82) is 0 Å². The Hall–Kier alpha value is -1.68. The number of carbonyl (C=O) groups excluding carboxylic acids is 1. The molecule has 1 aromatic carbocycles. The van der Waals surface area contributed by atoms with Crippen molar-refractivity contribution in [2.45, 2.75) is 0 Å². The summed E-state index contributed by atoms with van der Waals surface area (Å²) in [7, 11) is 0. The number of nitrogens with two attached hydrogens (primary N) is 1. The van der Waals surface area contributed by atoms with E-state index in [-0.39, 0.29) is 12.3 Å². The number of hydrogen-bond donors (Lipinski definition) is 2. The molecule has 2 aromatic rings. The maximum absolute atomic E-state index is 11.2. The Kier molecular flexibility index (Phi) is 1.83. The van der Waals surface area contributed by atoms with Crippen LogP contribution in [0.3, 0.4) is 0 Å². The predicted molar refractivity (Wildman–Crippen MR) is 49.5 cm³/mol. The van der Waals surface area contributed by atoms with Gasteiger partial charge in [-0.3, -0.25) is 4.79 Å². The number of fused-ring (bicyclic) bond motifs is 1. The third kappa shape index (κ3) is 1.31. The van der Waals surface area contributed by atoms with Gasteiger partial charge in [0.25, 0.3) is 0 Å². The van der Waals surface area contributed by atoms with Crippen LogP contribution >= 0.6 is 0 Å². The first-order valence-corrected chi connectivity index (χ1v) is 3.99. The quantitative estimate of drug-likeness (QED) is 0.660. The molecule has 0 saturated carbocycles. The first-order valence-electron chi connectivity index (χ1n) is 3.99. The molecule has 0 fully saturated rings. The predicted octanol–water partition coefficient (Wildman–Crippen LogP) is 0.704. The van der Waals surface area contributed by atoms with Gasteiger partial charge in [0.1, 0.15) is 0 Å². The third-order valence-corrected chi connectivity index (χ3v) is 1.84. The average Bonchev–Trinajstić information content (AvgIpc) is 2.59. The van der Waals surface area contributed by atoms with Gasteiger partial charge in [0.15, 0.2) is 5.82 Å². The number of rotatable bonds is 2. The highest BCUT2D eigenvalue weighted by Crippen LogP contribution is 2.09. The van der Waals surface area contributed by atoms with Crippen LogP contribution in [0.5, 0.6) is 0 Å². The molecule has 3 N–H and O–H groups in total. The lowest BCUT2D eigenvalue weighted by atomic mass is 10.3. The second kappa shape index (κ2) is 2.99. The number of imidazole rings is 1. The molecule has 0 unspecified atom stereocenters. The van der Waals surface area contributed by atoms with Crippen molar-refractivity contribution in [3.8, 4) is 0 Å². The zero-order valence-electron chi connectivity index (χ0n) is 6.95. The Bertz CT molecular complexity index is 414. The second-order valence-electron chi connectivity index (χ2n) is 2.73.